The quantitative estimate of drug-likeness (QED) is 0.780. The summed E-state index contributed by atoms with van der Waals surface area (Å²) in [5, 5.41) is 1.76. The first kappa shape index (κ1) is 16.5. The molecule has 124 valence electrons. The number of aryl methyl sites for hydroxylation is 1. The lowest BCUT2D eigenvalue weighted by molar-refractivity contribution is -0.139. The van der Waals surface area contributed by atoms with Crippen LogP contribution in [0.2, 0.25) is 5.02 Å². The third kappa shape index (κ3) is 3.17. The van der Waals surface area contributed by atoms with Gasteiger partial charge in [0.2, 0.25) is 5.91 Å². The number of rotatable bonds is 1. The molecule has 0 aliphatic carbocycles. The first-order valence-corrected chi connectivity index (χ1v) is 9.07. The average molecular weight is 352 g/mol. The van der Waals surface area contributed by atoms with Crippen LogP contribution < -0.4 is 4.90 Å². The molecule has 3 rings (SSSR count). The molecule has 23 heavy (non-hydrogen) atoms. The van der Waals surface area contributed by atoms with Crippen LogP contribution in [0.25, 0.3) is 10.2 Å². The number of amides is 1. The summed E-state index contributed by atoms with van der Waals surface area (Å²) in [5.41, 5.74) is 1.82. The van der Waals surface area contributed by atoms with Crippen LogP contribution in [0.1, 0.15) is 26.3 Å². The van der Waals surface area contributed by atoms with E-state index in [4.69, 9.17) is 16.6 Å². The van der Waals surface area contributed by atoms with Gasteiger partial charge in [-0.05, 0) is 18.6 Å². The van der Waals surface area contributed by atoms with Crippen LogP contribution in [0.15, 0.2) is 12.1 Å². The standard InChI is InChI=1S/C17H22ClN3OS/c1-11-5-6-12(18)14-13(11)19-16(23-14)21-9-7-20(8-10-21)15(22)17(2,3)4/h5-6H,7-10H2,1-4H3. The molecule has 2 heterocycles. The van der Waals surface area contributed by atoms with Crippen molar-refractivity contribution in [1.82, 2.24) is 9.88 Å². The summed E-state index contributed by atoms with van der Waals surface area (Å²) in [4.78, 5) is 21.4. The fourth-order valence-corrected chi connectivity index (χ4v) is 4.17. The molecule has 1 fully saturated rings. The Morgan fingerprint density at radius 2 is 1.87 bits per heavy atom. The summed E-state index contributed by atoms with van der Waals surface area (Å²) >= 11 is 7.93. The average Bonchev–Trinajstić information content (AvgIpc) is 2.96. The Kier molecular flexibility index (Phi) is 4.27. The number of fused-ring (bicyclic) bond motifs is 1. The van der Waals surface area contributed by atoms with Gasteiger partial charge in [-0.2, -0.15) is 0 Å². The van der Waals surface area contributed by atoms with Gasteiger partial charge in [-0.15, -0.1) is 0 Å². The molecule has 1 aromatic carbocycles. The first-order valence-electron chi connectivity index (χ1n) is 7.87. The number of hydrogen-bond acceptors (Lipinski definition) is 4. The molecule has 0 saturated carbocycles. The van der Waals surface area contributed by atoms with E-state index in [1.807, 2.05) is 37.8 Å². The van der Waals surface area contributed by atoms with Crippen molar-refractivity contribution in [1.29, 1.82) is 0 Å². The Hall–Kier alpha value is -1.33. The lowest BCUT2D eigenvalue weighted by Gasteiger charge is -2.37. The van der Waals surface area contributed by atoms with Gasteiger partial charge < -0.3 is 9.80 Å². The van der Waals surface area contributed by atoms with E-state index in [1.165, 1.54) is 0 Å². The molecule has 0 N–H and O–H groups in total. The zero-order valence-electron chi connectivity index (χ0n) is 14.0. The summed E-state index contributed by atoms with van der Waals surface area (Å²) in [6.45, 7) is 11.1. The molecule has 1 amide bonds. The third-order valence-corrected chi connectivity index (χ3v) is 5.74. The van der Waals surface area contributed by atoms with Gasteiger partial charge in [0.1, 0.15) is 0 Å². The van der Waals surface area contributed by atoms with E-state index in [9.17, 15) is 4.79 Å². The van der Waals surface area contributed by atoms with Gasteiger partial charge in [-0.3, -0.25) is 4.79 Å². The van der Waals surface area contributed by atoms with Crippen molar-refractivity contribution < 1.29 is 4.79 Å². The van der Waals surface area contributed by atoms with Crippen molar-refractivity contribution in [2.24, 2.45) is 5.41 Å². The molecule has 1 aliphatic heterocycles. The number of carbonyl (C=O) groups is 1. The number of halogens is 1. The number of anilines is 1. The van der Waals surface area contributed by atoms with Gasteiger partial charge in [0.15, 0.2) is 5.13 Å². The van der Waals surface area contributed by atoms with E-state index < -0.39 is 0 Å². The van der Waals surface area contributed by atoms with Crippen molar-refractivity contribution in [3.8, 4) is 0 Å². The molecule has 0 radical (unpaired) electrons. The number of nitrogens with zero attached hydrogens (tertiary/aromatic N) is 3. The maximum absolute atomic E-state index is 12.4. The highest BCUT2D eigenvalue weighted by Crippen LogP contribution is 2.36. The Morgan fingerprint density at radius 3 is 2.43 bits per heavy atom. The van der Waals surface area contributed by atoms with E-state index in [0.29, 0.717) is 0 Å². The van der Waals surface area contributed by atoms with Crippen LogP contribution in [-0.2, 0) is 4.79 Å². The topological polar surface area (TPSA) is 36.4 Å². The molecule has 2 aromatic rings. The fourth-order valence-electron chi connectivity index (χ4n) is 2.80. The smallest absolute Gasteiger partial charge is 0.228 e. The van der Waals surface area contributed by atoms with Crippen LogP contribution >= 0.6 is 22.9 Å². The maximum atomic E-state index is 12.4. The minimum atomic E-state index is -0.317. The summed E-state index contributed by atoms with van der Waals surface area (Å²) in [6, 6.07) is 3.94. The maximum Gasteiger partial charge on any atom is 0.228 e. The Bertz CT molecular complexity index is 703. The highest BCUT2D eigenvalue weighted by molar-refractivity contribution is 7.22. The monoisotopic (exact) mass is 351 g/mol. The van der Waals surface area contributed by atoms with Crippen LogP contribution in [-0.4, -0.2) is 42.0 Å². The van der Waals surface area contributed by atoms with Gasteiger partial charge in [-0.25, -0.2) is 4.98 Å². The third-order valence-electron chi connectivity index (χ3n) is 4.16. The van der Waals surface area contributed by atoms with Gasteiger partial charge >= 0.3 is 0 Å². The summed E-state index contributed by atoms with van der Waals surface area (Å²) in [7, 11) is 0. The second kappa shape index (κ2) is 5.95. The number of hydrogen-bond donors (Lipinski definition) is 0. The molecule has 0 unspecified atom stereocenters. The van der Waals surface area contributed by atoms with Crippen LogP contribution in [0, 0.1) is 12.3 Å². The predicted octanol–water partition coefficient (Wildman–Crippen LogP) is 3.95. The molecule has 1 saturated heterocycles. The highest BCUT2D eigenvalue weighted by Gasteiger charge is 2.30. The van der Waals surface area contributed by atoms with E-state index in [1.54, 1.807) is 11.3 Å². The molecule has 0 bridgehead atoms. The van der Waals surface area contributed by atoms with E-state index in [0.717, 1.165) is 52.1 Å². The molecule has 0 spiro atoms. The molecule has 4 nitrogen and oxygen atoms in total. The van der Waals surface area contributed by atoms with Crippen molar-refractivity contribution in [3.05, 3.63) is 22.7 Å². The van der Waals surface area contributed by atoms with Crippen LogP contribution in [0.5, 0.6) is 0 Å². The van der Waals surface area contributed by atoms with Crippen molar-refractivity contribution in [2.75, 3.05) is 31.1 Å². The minimum Gasteiger partial charge on any atom is -0.345 e. The largest absolute Gasteiger partial charge is 0.345 e. The fraction of sp³-hybridized carbons (Fsp3) is 0.529. The highest BCUT2D eigenvalue weighted by atomic mass is 35.5. The zero-order chi connectivity index (χ0) is 16.8. The van der Waals surface area contributed by atoms with Crippen LogP contribution in [0.3, 0.4) is 0 Å². The Labute approximate surface area is 146 Å². The number of benzene rings is 1. The normalized spacial score (nSPS) is 16.2. The van der Waals surface area contributed by atoms with E-state index in [-0.39, 0.29) is 11.3 Å². The number of thiazole rings is 1. The van der Waals surface area contributed by atoms with Gasteiger partial charge in [-0.1, -0.05) is 49.8 Å². The van der Waals surface area contributed by atoms with Gasteiger partial charge in [0, 0.05) is 31.6 Å². The molecule has 1 aromatic heterocycles. The SMILES string of the molecule is Cc1ccc(Cl)c2sc(N3CCN(C(=O)C(C)(C)C)CC3)nc12. The molecule has 1 aliphatic rings. The molecule has 0 atom stereocenters. The summed E-state index contributed by atoms with van der Waals surface area (Å²) in [5.74, 6) is 0.223. The second-order valence-corrected chi connectivity index (χ2v) is 8.45. The number of aromatic nitrogens is 1. The van der Waals surface area contributed by atoms with Crippen molar-refractivity contribution in [3.63, 3.8) is 0 Å². The summed E-state index contributed by atoms with van der Waals surface area (Å²) in [6.07, 6.45) is 0. The summed E-state index contributed by atoms with van der Waals surface area (Å²) < 4.78 is 1.05. The minimum absolute atomic E-state index is 0.223. The number of piperazine rings is 1. The zero-order valence-corrected chi connectivity index (χ0v) is 15.6. The van der Waals surface area contributed by atoms with Gasteiger partial charge in [0.05, 0.1) is 15.2 Å². The van der Waals surface area contributed by atoms with E-state index >= 15 is 0 Å². The van der Waals surface area contributed by atoms with Crippen LogP contribution in [0.4, 0.5) is 5.13 Å². The molecule has 6 heteroatoms. The Morgan fingerprint density at radius 1 is 1.22 bits per heavy atom. The molecular weight excluding hydrogens is 330 g/mol. The second-order valence-electron chi connectivity index (χ2n) is 7.07. The molecular formula is C17H22ClN3OS. The predicted molar refractivity (Wildman–Crippen MR) is 97.6 cm³/mol. The van der Waals surface area contributed by atoms with Gasteiger partial charge in [0.25, 0.3) is 0 Å². The lowest BCUT2D eigenvalue weighted by Crippen LogP contribution is -2.51. The van der Waals surface area contributed by atoms with Crippen molar-refractivity contribution >= 4 is 44.2 Å². The Balaban J connectivity index is 1.77. The lowest BCUT2D eigenvalue weighted by atomic mass is 9.94. The first-order chi connectivity index (χ1) is 10.8. The van der Waals surface area contributed by atoms with Crippen molar-refractivity contribution in [2.45, 2.75) is 27.7 Å². The number of carbonyl (C=O) groups excluding carboxylic acids is 1. The van der Waals surface area contributed by atoms with E-state index in [2.05, 4.69) is 11.8 Å².